The van der Waals surface area contributed by atoms with Crippen molar-refractivity contribution >= 4 is 12.2 Å². The van der Waals surface area contributed by atoms with E-state index in [1.165, 1.54) is 0 Å². The first-order valence-electron chi connectivity index (χ1n) is 11.8. The number of hydrogen-bond donors (Lipinski definition) is 1. The number of amides is 2. The lowest BCUT2D eigenvalue weighted by Crippen LogP contribution is -2.53. The normalized spacial score (nSPS) is 21.7. The average Bonchev–Trinajstić information content (AvgIpc) is 2.72. The minimum Gasteiger partial charge on any atom is -0.445 e. The van der Waals surface area contributed by atoms with Gasteiger partial charge in [-0.3, -0.25) is 0 Å². The van der Waals surface area contributed by atoms with Crippen LogP contribution < -0.4 is 5.32 Å². The zero-order valence-corrected chi connectivity index (χ0v) is 20.0. The van der Waals surface area contributed by atoms with Gasteiger partial charge >= 0.3 is 12.2 Å². The third-order valence-corrected chi connectivity index (χ3v) is 6.43. The van der Waals surface area contributed by atoms with Crippen LogP contribution in [0, 0.1) is 5.92 Å². The Balaban J connectivity index is 1.26. The molecule has 32 heavy (non-hydrogen) atoms. The summed E-state index contributed by atoms with van der Waals surface area (Å²) in [7, 11) is 2.17. The van der Waals surface area contributed by atoms with Crippen molar-refractivity contribution in [1.29, 1.82) is 0 Å². The van der Waals surface area contributed by atoms with E-state index in [-0.39, 0.29) is 18.2 Å². The Labute approximate surface area is 192 Å². The van der Waals surface area contributed by atoms with E-state index in [0.29, 0.717) is 18.6 Å². The molecule has 3 rings (SSSR count). The van der Waals surface area contributed by atoms with Crippen LogP contribution in [0.3, 0.4) is 0 Å². The number of nitrogens with zero attached hydrogens (tertiary/aromatic N) is 2. The zero-order valence-electron chi connectivity index (χ0n) is 20.0. The molecule has 178 valence electrons. The number of benzene rings is 1. The SMILES string of the molecule is CN(CCC1CCN(C(=O)OC(C)(C)C)CC1)C1CC(NC(=O)OCc2ccccc2)C1. The lowest BCUT2D eigenvalue weighted by molar-refractivity contribution is 0.0174. The maximum atomic E-state index is 12.2. The largest absolute Gasteiger partial charge is 0.445 e. The second-order valence-electron chi connectivity index (χ2n) is 10.2. The molecule has 1 aromatic rings. The van der Waals surface area contributed by atoms with Crippen molar-refractivity contribution in [2.45, 2.75) is 77.2 Å². The number of hydrogen-bond acceptors (Lipinski definition) is 5. The molecule has 7 nitrogen and oxygen atoms in total. The molecule has 0 radical (unpaired) electrons. The number of carbonyl (C=O) groups excluding carboxylic acids is 2. The van der Waals surface area contributed by atoms with Crippen molar-refractivity contribution < 1.29 is 19.1 Å². The van der Waals surface area contributed by atoms with Crippen LogP contribution in [0.4, 0.5) is 9.59 Å². The number of piperidine rings is 1. The van der Waals surface area contributed by atoms with Gasteiger partial charge in [0.15, 0.2) is 0 Å². The van der Waals surface area contributed by atoms with Crippen molar-refractivity contribution in [2.75, 3.05) is 26.7 Å². The number of likely N-dealkylation sites (tertiary alicyclic amines) is 1. The van der Waals surface area contributed by atoms with Gasteiger partial charge in [-0.25, -0.2) is 9.59 Å². The summed E-state index contributed by atoms with van der Waals surface area (Å²) in [6.07, 6.45) is 4.62. The van der Waals surface area contributed by atoms with Crippen molar-refractivity contribution in [3.63, 3.8) is 0 Å². The van der Waals surface area contributed by atoms with E-state index in [4.69, 9.17) is 9.47 Å². The van der Waals surface area contributed by atoms with E-state index in [0.717, 1.165) is 57.3 Å². The van der Waals surface area contributed by atoms with Crippen LogP contribution in [0.1, 0.15) is 58.4 Å². The summed E-state index contributed by atoms with van der Waals surface area (Å²) in [4.78, 5) is 28.4. The van der Waals surface area contributed by atoms with Gasteiger partial charge < -0.3 is 24.6 Å². The first-order chi connectivity index (χ1) is 15.2. The monoisotopic (exact) mass is 445 g/mol. The molecule has 1 aromatic carbocycles. The molecular weight excluding hydrogens is 406 g/mol. The number of carbonyl (C=O) groups is 2. The maximum Gasteiger partial charge on any atom is 0.410 e. The predicted octanol–water partition coefficient (Wildman–Crippen LogP) is 4.41. The number of alkyl carbamates (subject to hydrolysis) is 1. The van der Waals surface area contributed by atoms with E-state index in [2.05, 4.69) is 17.3 Å². The quantitative estimate of drug-likeness (QED) is 0.673. The van der Waals surface area contributed by atoms with Gasteiger partial charge in [0, 0.05) is 25.2 Å². The molecule has 0 unspecified atom stereocenters. The van der Waals surface area contributed by atoms with Crippen LogP contribution in [0.25, 0.3) is 0 Å². The van der Waals surface area contributed by atoms with E-state index < -0.39 is 5.60 Å². The molecule has 1 N–H and O–H groups in total. The standard InChI is InChI=1S/C25H39N3O4/c1-25(2,3)32-24(30)28-14-11-19(12-15-28)10-13-27(4)22-16-21(17-22)26-23(29)31-18-20-8-6-5-7-9-20/h5-9,19,21-22H,10-18H2,1-4H3,(H,26,29). The van der Waals surface area contributed by atoms with Crippen LogP contribution in [-0.2, 0) is 16.1 Å². The van der Waals surface area contributed by atoms with E-state index >= 15 is 0 Å². The second-order valence-corrected chi connectivity index (χ2v) is 10.2. The third kappa shape index (κ3) is 7.69. The first-order valence-corrected chi connectivity index (χ1v) is 11.8. The summed E-state index contributed by atoms with van der Waals surface area (Å²) in [6.45, 7) is 8.63. The fourth-order valence-electron chi connectivity index (χ4n) is 4.30. The molecule has 0 spiro atoms. The van der Waals surface area contributed by atoms with E-state index in [9.17, 15) is 9.59 Å². The van der Waals surface area contributed by atoms with Gasteiger partial charge in [-0.05, 0) is 77.9 Å². The van der Waals surface area contributed by atoms with Crippen LogP contribution in [-0.4, -0.2) is 66.4 Å². The molecule has 0 aromatic heterocycles. The highest BCUT2D eigenvalue weighted by molar-refractivity contribution is 5.68. The second kappa shape index (κ2) is 11.0. The molecule has 2 fully saturated rings. The fourth-order valence-corrected chi connectivity index (χ4v) is 4.30. The molecule has 7 heteroatoms. The first kappa shape index (κ1) is 24.4. The fraction of sp³-hybridized carbons (Fsp3) is 0.680. The number of rotatable bonds is 7. The van der Waals surface area contributed by atoms with Crippen LogP contribution >= 0.6 is 0 Å². The van der Waals surface area contributed by atoms with Gasteiger partial charge in [0.2, 0.25) is 0 Å². The summed E-state index contributed by atoms with van der Waals surface area (Å²) in [5.41, 5.74) is 0.552. The van der Waals surface area contributed by atoms with Crippen molar-refractivity contribution in [3.05, 3.63) is 35.9 Å². The van der Waals surface area contributed by atoms with E-state index in [1.807, 2.05) is 56.0 Å². The summed E-state index contributed by atoms with van der Waals surface area (Å²) in [5.74, 6) is 0.651. The molecule has 2 amide bonds. The van der Waals surface area contributed by atoms with Crippen LogP contribution in [0.2, 0.25) is 0 Å². The Hall–Kier alpha value is -2.28. The van der Waals surface area contributed by atoms with Gasteiger partial charge in [-0.15, -0.1) is 0 Å². The molecule has 2 aliphatic rings. The highest BCUT2D eigenvalue weighted by atomic mass is 16.6. The molecule has 1 heterocycles. The summed E-state index contributed by atoms with van der Waals surface area (Å²) < 4.78 is 10.8. The van der Waals surface area contributed by atoms with Gasteiger partial charge in [-0.1, -0.05) is 30.3 Å². The number of nitrogens with one attached hydrogen (secondary N) is 1. The van der Waals surface area contributed by atoms with Crippen LogP contribution in [0.5, 0.6) is 0 Å². The lowest BCUT2D eigenvalue weighted by Gasteiger charge is -2.42. The highest BCUT2D eigenvalue weighted by Crippen LogP contribution is 2.27. The predicted molar refractivity (Wildman–Crippen MR) is 124 cm³/mol. The van der Waals surface area contributed by atoms with Gasteiger partial charge in [0.1, 0.15) is 12.2 Å². The zero-order chi connectivity index (χ0) is 23.1. The molecule has 1 saturated heterocycles. The van der Waals surface area contributed by atoms with Crippen molar-refractivity contribution in [1.82, 2.24) is 15.1 Å². The Bertz CT molecular complexity index is 735. The summed E-state index contributed by atoms with van der Waals surface area (Å²) >= 11 is 0. The Morgan fingerprint density at radius 2 is 1.78 bits per heavy atom. The maximum absolute atomic E-state index is 12.2. The molecule has 0 bridgehead atoms. The summed E-state index contributed by atoms with van der Waals surface area (Å²) in [5, 5.41) is 2.97. The molecule has 0 atom stereocenters. The minimum atomic E-state index is -0.440. The molecule has 1 aliphatic carbocycles. The van der Waals surface area contributed by atoms with Crippen LogP contribution in [0.15, 0.2) is 30.3 Å². The Morgan fingerprint density at radius 3 is 2.41 bits per heavy atom. The average molecular weight is 446 g/mol. The third-order valence-electron chi connectivity index (χ3n) is 6.43. The van der Waals surface area contributed by atoms with Crippen molar-refractivity contribution in [3.8, 4) is 0 Å². The molecule has 1 aliphatic heterocycles. The Kier molecular flexibility index (Phi) is 8.40. The smallest absolute Gasteiger partial charge is 0.410 e. The van der Waals surface area contributed by atoms with Gasteiger partial charge in [-0.2, -0.15) is 0 Å². The highest BCUT2D eigenvalue weighted by Gasteiger charge is 2.34. The topological polar surface area (TPSA) is 71.1 Å². The van der Waals surface area contributed by atoms with Crippen molar-refractivity contribution in [2.24, 2.45) is 5.92 Å². The molecule has 1 saturated carbocycles. The number of ether oxygens (including phenoxy) is 2. The molecular formula is C25H39N3O4. The van der Waals surface area contributed by atoms with E-state index in [1.54, 1.807) is 0 Å². The lowest BCUT2D eigenvalue weighted by atomic mass is 9.85. The van der Waals surface area contributed by atoms with Gasteiger partial charge in [0.25, 0.3) is 0 Å². The van der Waals surface area contributed by atoms with Gasteiger partial charge in [0.05, 0.1) is 0 Å². The Morgan fingerprint density at radius 1 is 1.12 bits per heavy atom. The summed E-state index contributed by atoms with van der Waals surface area (Å²) in [6, 6.07) is 10.4. The minimum absolute atomic E-state index is 0.191.